The van der Waals surface area contributed by atoms with Gasteiger partial charge in [0.2, 0.25) is 0 Å². The van der Waals surface area contributed by atoms with Crippen LogP contribution in [0.25, 0.3) is 0 Å². The number of esters is 1. The number of carbonyl (C=O) groups excluding carboxylic acids is 1. The SMILES string of the molecule is CCCCCCOC(=O)C(N)CCS(C)(=O)=O. The monoisotopic (exact) mass is 265 g/mol. The van der Waals surface area contributed by atoms with Crippen molar-refractivity contribution in [1.82, 2.24) is 0 Å². The number of ether oxygens (including phenoxy) is 1. The second kappa shape index (κ2) is 8.47. The summed E-state index contributed by atoms with van der Waals surface area (Å²) in [5.74, 6) is -0.593. The Bertz CT molecular complexity index is 313. The molecule has 0 aliphatic heterocycles. The zero-order chi connectivity index (χ0) is 13.3. The molecule has 102 valence electrons. The highest BCUT2D eigenvalue weighted by molar-refractivity contribution is 7.90. The second-order valence-electron chi connectivity index (χ2n) is 4.25. The molecule has 6 heteroatoms. The van der Waals surface area contributed by atoms with Crippen LogP contribution in [0.4, 0.5) is 0 Å². The lowest BCUT2D eigenvalue weighted by atomic mass is 10.2. The predicted molar refractivity (Wildman–Crippen MR) is 67.4 cm³/mol. The van der Waals surface area contributed by atoms with Gasteiger partial charge >= 0.3 is 5.97 Å². The molecular formula is C11H23NO4S. The lowest BCUT2D eigenvalue weighted by molar-refractivity contribution is -0.145. The number of hydrogen-bond acceptors (Lipinski definition) is 5. The summed E-state index contributed by atoms with van der Waals surface area (Å²) in [7, 11) is -3.07. The molecule has 2 N–H and O–H groups in total. The van der Waals surface area contributed by atoms with E-state index in [1.54, 1.807) is 0 Å². The molecule has 0 amide bonds. The quantitative estimate of drug-likeness (QED) is 0.494. The lowest BCUT2D eigenvalue weighted by Gasteiger charge is -2.10. The third-order valence-corrected chi connectivity index (χ3v) is 3.32. The van der Waals surface area contributed by atoms with E-state index in [0.29, 0.717) is 6.61 Å². The van der Waals surface area contributed by atoms with Gasteiger partial charge in [-0.15, -0.1) is 0 Å². The number of carbonyl (C=O) groups is 1. The standard InChI is InChI=1S/C11H23NO4S/c1-3-4-5-6-8-16-11(13)10(12)7-9-17(2,14)15/h10H,3-9,12H2,1-2H3. The number of nitrogens with two attached hydrogens (primary N) is 1. The first-order valence-corrected chi connectivity index (χ1v) is 8.03. The van der Waals surface area contributed by atoms with E-state index in [1.807, 2.05) is 0 Å². The predicted octanol–water partition coefficient (Wildman–Crippen LogP) is 0.872. The summed E-state index contributed by atoms with van der Waals surface area (Å²) >= 11 is 0. The number of rotatable bonds is 9. The molecule has 0 rings (SSSR count). The van der Waals surface area contributed by atoms with Crippen molar-refractivity contribution in [2.75, 3.05) is 18.6 Å². The van der Waals surface area contributed by atoms with Gasteiger partial charge in [0.1, 0.15) is 15.9 Å². The fourth-order valence-corrected chi connectivity index (χ4v) is 1.95. The van der Waals surface area contributed by atoms with Crippen molar-refractivity contribution in [3.63, 3.8) is 0 Å². The zero-order valence-corrected chi connectivity index (χ0v) is 11.5. The van der Waals surface area contributed by atoms with Gasteiger partial charge in [-0.05, 0) is 12.8 Å². The largest absolute Gasteiger partial charge is 0.465 e. The van der Waals surface area contributed by atoms with Gasteiger partial charge in [-0.25, -0.2) is 8.42 Å². The van der Waals surface area contributed by atoms with E-state index in [0.717, 1.165) is 31.9 Å². The van der Waals surface area contributed by atoms with Gasteiger partial charge in [0.05, 0.1) is 12.4 Å². The Morgan fingerprint density at radius 3 is 2.47 bits per heavy atom. The summed E-state index contributed by atoms with van der Waals surface area (Å²) in [5, 5.41) is 0. The Balaban J connectivity index is 3.68. The van der Waals surface area contributed by atoms with Crippen molar-refractivity contribution < 1.29 is 17.9 Å². The highest BCUT2D eigenvalue weighted by Crippen LogP contribution is 2.01. The van der Waals surface area contributed by atoms with Crippen molar-refractivity contribution in [3.8, 4) is 0 Å². The minimum Gasteiger partial charge on any atom is -0.465 e. The Morgan fingerprint density at radius 1 is 1.29 bits per heavy atom. The maximum absolute atomic E-state index is 11.4. The summed E-state index contributed by atoms with van der Waals surface area (Å²) in [6.07, 6.45) is 5.35. The summed E-state index contributed by atoms with van der Waals surface area (Å²) in [6, 6.07) is -0.837. The summed E-state index contributed by atoms with van der Waals surface area (Å²) < 4.78 is 26.7. The van der Waals surface area contributed by atoms with Crippen molar-refractivity contribution in [2.45, 2.75) is 45.1 Å². The highest BCUT2D eigenvalue weighted by atomic mass is 32.2. The number of unbranched alkanes of at least 4 members (excludes halogenated alkanes) is 3. The van der Waals surface area contributed by atoms with Crippen LogP contribution in [-0.2, 0) is 19.4 Å². The highest BCUT2D eigenvalue weighted by Gasteiger charge is 2.16. The summed E-state index contributed by atoms with van der Waals surface area (Å²) in [6.45, 7) is 2.47. The van der Waals surface area contributed by atoms with Gasteiger partial charge in [-0.3, -0.25) is 4.79 Å². The summed E-state index contributed by atoms with van der Waals surface area (Å²) in [4.78, 5) is 11.4. The van der Waals surface area contributed by atoms with Crippen LogP contribution >= 0.6 is 0 Å². The maximum atomic E-state index is 11.4. The first-order valence-electron chi connectivity index (χ1n) is 5.96. The van der Waals surface area contributed by atoms with E-state index in [2.05, 4.69) is 6.92 Å². The van der Waals surface area contributed by atoms with E-state index < -0.39 is 21.8 Å². The van der Waals surface area contributed by atoms with Crippen molar-refractivity contribution >= 4 is 15.8 Å². The molecule has 0 spiro atoms. The first-order chi connectivity index (χ1) is 7.87. The van der Waals surface area contributed by atoms with Gasteiger partial charge in [0, 0.05) is 6.26 Å². The van der Waals surface area contributed by atoms with Crippen LogP contribution in [0.15, 0.2) is 0 Å². The van der Waals surface area contributed by atoms with Gasteiger partial charge in [-0.1, -0.05) is 26.2 Å². The maximum Gasteiger partial charge on any atom is 0.322 e. The molecule has 0 aliphatic rings. The average Bonchev–Trinajstić information content (AvgIpc) is 2.24. The van der Waals surface area contributed by atoms with Crippen LogP contribution < -0.4 is 5.73 Å². The topological polar surface area (TPSA) is 86.5 Å². The van der Waals surface area contributed by atoms with Crippen molar-refractivity contribution in [3.05, 3.63) is 0 Å². The van der Waals surface area contributed by atoms with Gasteiger partial charge in [0.15, 0.2) is 0 Å². The molecule has 0 radical (unpaired) electrons. The molecule has 0 saturated heterocycles. The Morgan fingerprint density at radius 2 is 1.94 bits per heavy atom. The van der Waals surface area contributed by atoms with E-state index in [1.165, 1.54) is 0 Å². The van der Waals surface area contributed by atoms with Gasteiger partial charge in [-0.2, -0.15) is 0 Å². The van der Waals surface area contributed by atoms with Crippen LogP contribution in [0.2, 0.25) is 0 Å². The minimum absolute atomic E-state index is 0.0842. The smallest absolute Gasteiger partial charge is 0.322 e. The van der Waals surface area contributed by atoms with Gasteiger partial charge in [0.25, 0.3) is 0 Å². The third kappa shape index (κ3) is 10.3. The van der Waals surface area contributed by atoms with Crippen LogP contribution in [-0.4, -0.2) is 39.0 Å². The molecule has 1 atom stereocenters. The third-order valence-electron chi connectivity index (χ3n) is 2.34. The Hall–Kier alpha value is -0.620. The molecule has 17 heavy (non-hydrogen) atoms. The molecule has 0 fully saturated rings. The molecule has 1 unspecified atom stereocenters. The molecule has 0 aromatic rings. The Kier molecular flexibility index (Phi) is 8.16. The molecule has 5 nitrogen and oxygen atoms in total. The van der Waals surface area contributed by atoms with Crippen molar-refractivity contribution in [2.24, 2.45) is 5.73 Å². The normalized spacial score (nSPS) is 13.4. The second-order valence-corrected chi connectivity index (χ2v) is 6.51. The van der Waals surface area contributed by atoms with E-state index >= 15 is 0 Å². The van der Waals surface area contributed by atoms with Crippen LogP contribution in [0.1, 0.15) is 39.0 Å². The Labute approximate surface area is 104 Å². The minimum atomic E-state index is -3.07. The molecule has 0 saturated carbocycles. The molecule has 0 heterocycles. The molecule has 0 aromatic heterocycles. The fourth-order valence-electron chi connectivity index (χ4n) is 1.27. The molecule has 0 aromatic carbocycles. The van der Waals surface area contributed by atoms with Crippen molar-refractivity contribution in [1.29, 1.82) is 0 Å². The van der Waals surface area contributed by atoms with Crippen LogP contribution in [0, 0.1) is 0 Å². The van der Waals surface area contributed by atoms with Crippen LogP contribution in [0.3, 0.4) is 0 Å². The molecular weight excluding hydrogens is 242 g/mol. The molecule has 0 bridgehead atoms. The first kappa shape index (κ1) is 16.4. The van der Waals surface area contributed by atoms with E-state index in [-0.39, 0.29) is 12.2 Å². The zero-order valence-electron chi connectivity index (χ0n) is 10.6. The van der Waals surface area contributed by atoms with E-state index in [9.17, 15) is 13.2 Å². The number of hydrogen-bond donors (Lipinski definition) is 1. The fraction of sp³-hybridized carbons (Fsp3) is 0.909. The average molecular weight is 265 g/mol. The summed E-state index contributed by atoms with van der Waals surface area (Å²) in [5.41, 5.74) is 5.53. The van der Waals surface area contributed by atoms with E-state index in [4.69, 9.17) is 10.5 Å². The molecule has 0 aliphatic carbocycles. The number of sulfone groups is 1. The van der Waals surface area contributed by atoms with Gasteiger partial charge < -0.3 is 10.5 Å². The van der Waals surface area contributed by atoms with Crippen LogP contribution in [0.5, 0.6) is 0 Å². The lowest BCUT2D eigenvalue weighted by Crippen LogP contribution is -2.34.